The Morgan fingerprint density at radius 3 is 2.65 bits per heavy atom. The summed E-state index contributed by atoms with van der Waals surface area (Å²) in [7, 11) is 0. The fourth-order valence-electron chi connectivity index (χ4n) is 4.46. The molecule has 0 fully saturated rings. The number of carbonyl (C=O) groups is 1. The average Bonchev–Trinajstić information content (AvgIpc) is 3.32. The Morgan fingerprint density at radius 2 is 1.86 bits per heavy atom. The average molecular weight is 496 g/mol. The Hall–Kier alpha value is -4.39. The molecule has 1 N–H and O–H groups in total. The molecule has 37 heavy (non-hydrogen) atoms. The Morgan fingerprint density at radius 1 is 1.08 bits per heavy atom. The van der Waals surface area contributed by atoms with Crippen LogP contribution < -0.4 is 10.7 Å². The first kappa shape index (κ1) is 24.3. The van der Waals surface area contributed by atoms with E-state index in [0.29, 0.717) is 33.7 Å². The molecular formula is C30H29N3O4. The number of nitrogens with one attached hydrogen (secondary N) is 1. The van der Waals surface area contributed by atoms with E-state index in [-0.39, 0.29) is 11.5 Å². The largest absolute Gasteiger partial charge is 0.456 e. The maximum atomic E-state index is 13.2. The molecule has 0 bridgehead atoms. The number of aromatic nitrogens is 2. The number of fused-ring (bicyclic) bond motifs is 2. The molecule has 0 spiro atoms. The van der Waals surface area contributed by atoms with Crippen LogP contribution in [0.25, 0.3) is 27.9 Å². The third kappa shape index (κ3) is 4.85. The monoisotopic (exact) mass is 495 g/mol. The van der Waals surface area contributed by atoms with Gasteiger partial charge in [0.1, 0.15) is 16.9 Å². The second kappa shape index (κ2) is 9.24. The van der Waals surface area contributed by atoms with Gasteiger partial charge in [0, 0.05) is 35.9 Å². The van der Waals surface area contributed by atoms with Crippen LogP contribution in [-0.4, -0.2) is 21.0 Å². The highest BCUT2D eigenvalue weighted by atomic mass is 16.6. The molecule has 1 unspecified atom stereocenters. The molecule has 7 nitrogen and oxygen atoms in total. The zero-order valence-corrected chi connectivity index (χ0v) is 21.5. The van der Waals surface area contributed by atoms with Gasteiger partial charge >= 0.3 is 5.97 Å². The van der Waals surface area contributed by atoms with Crippen LogP contribution in [0.1, 0.15) is 55.2 Å². The Labute approximate surface area is 214 Å². The quantitative estimate of drug-likeness (QED) is 0.279. The van der Waals surface area contributed by atoms with Crippen molar-refractivity contribution in [2.45, 2.75) is 46.3 Å². The lowest BCUT2D eigenvalue weighted by molar-refractivity contribution is 0.00706. The zero-order chi connectivity index (χ0) is 26.3. The predicted octanol–water partition coefficient (Wildman–Crippen LogP) is 6.54. The number of benzene rings is 2. The van der Waals surface area contributed by atoms with Gasteiger partial charge in [0.15, 0.2) is 11.2 Å². The van der Waals surface area contributed by atoms with Gasteiger partial charge in [-0.2, -0.15) is 0 Å². The Bertz CT molecular complexity index is 1690. The summed E-state index contributed by atoms with van der Waals surface area (Å²) in [6, 6.07) is 16.1. The van der Waals surface area contributed by atoms with Gasteiger partial charge in [-0.05, 0) is 70.5 Å². The summed E-state index contributed by atoms with van der Waals surface area (Å²) < 4.78 is 13.9. The SMILES string of the molecule is Cc1cc(C(C)Nc2ccccc2C(=O)OC(C)(C)C)c2oc(-c3nccn4cccc34)cc(=O)c2c1. The minimum absolute atomic E-state index is 0.141. The highest BCUT2D eigenvalue weighted by molar-refractivity contribution is 5.96. The van der Waals surface area contributed by atoms with Crippen LogP contribution >= 0.6 is 0 Å². The lowest BCUT2D eigenvalue weighted by atomic mass is 10.0. The number of hydrogen-bond acceptors (Lipinski definition) is 6. The van der Waals surface area contributed by atoms with Crippen LogP contribution in [0.5, 0.6) is 0 Å². The molecule has 1 atom stereocenters. The van der Waals surface area contributed by atoms with Gasteiger partial charge in [-0.25, -0.2) is 9.78 Å². The predicted molar refractivity (Wildman–Crippen MR) is 145 cm³/mol. The minimum Gasteiger partial charge on any atom is -0.456 e. The number of nitrogens with zero attached hydrogens (tertiary/aromatic N) is 2. The Kier molecular flexibility index (Phi) is 6.07. The van der Waals surface area contributed by atoms with Crippen molar-refractivity contribution in [3.05, 3.63) is 100 Å². The van der Waals surface area contributed by atoms with Gasteiger partial charge in [-0.1, -0.05) is 18.2 Å². The van der Waals surface area contributed by atoms with Crippen molar-refractivity contribution in [2.24, 2.45) is 0 Å². The van der Waals surface area contributed by atoms with Crippen molar-refractivity contribution in [3.63, 3.8) is 0 Å². The van der Waals surface area contributed by atoms with E-state index < -0.39 is 11.6 Å². The first-order valence-electron chi connectivity index (χ1n) is 12.2. The molecule has 0 aliphatic heterocycles. The highest BCUT2D eigenvalue weighted by Crippen LogP contribution is 2.32. The number of hydrogen-bond donors (Lipinski definition) is 1. The third-order valence-electron chi connectivity index (χ3n) is 6.07. The molecule has 5 rings (SSSR count). The summed E-state index contributed by atoms with van der Waals surface area (Å²) in [5, 5.41) is 3.93. The van der Waals surface area contributed by atoms with Gasteiger partial charge in [0.05, 0.1) is 22.5 Å². The van der Waals surface area contributed by atoms with Gasteiger partial charge in [-0.3, -0.25) is 4.79 Å². The number of para-hydroxylation sites is 1. The number of carbonyl (C=O) groups excluding carboxylic acids is 1. The molecule has 0 amide bonds. The van der Waals surface area contributed by atoms with Crippen LogP contribution in [0.3, 0.4) is 0 Å². The summed E-state index contributed by atoms with van der Waals surface area (Å²) in [4.78, 5) is 30.6. The van der Waals surface area contributed by atoms with E-state index in [1.54, 1.807) is 18.3 Å². The number of esters is 1. The number of anilines is 1. The summed E-state index contributed by atoms with van der Waals surface area (Å²) >= 11 is 0. The summed E-state index contributed by atoms with van der Waals surface area (Å²) in [5.41, 5.74) is 3.98. The van der Waals surface area contributed by atoms with Gasteiger partial charge in [0.25, 0.3) is 0 Å². The van der Waals surface area contributed by atoms with E-state index in [9.17, 15) is 9.59 Å². The Balaban J connectivity index is 1.59. The molecule has 0 aliphatic rings. The maximum absolute atomic E-state index is 13.2. The highest BCUT2D eigenvalue weighted by Gasteiger charge is 2.22. The van der Waals surface area contributed by atoms with E-state index in [0.717, 1.165) is 16.6 Å². The fourth-order valence-corrected chi connectivity index (χ4v) is 4.46. The van der Waals surface area contributed by atoms with Crippen molar-refractivity contribution in [2.75, 3.05) is 5.32 Å². The first-order valence-corrected chi connectivity index (χ1v) is 12.2. The topological polar surface area (TPSA) is 85.8 Å². The van der Waals surface area contributed by atoms with Crippen LogP contribution in [0.15, 0.2) is 82.4 Å². The molecule has 5 aromatic rings. The molecule has 3 aromatic heterocycles. The standard InChI is InChI=1S/C30H29N3O4/c1-18-15-21(19(2)32-23-10-7-6-9-20(23)29(35)37-30(3,4)5)28-22(16-18)25(34)17-26(36-28)27-24-11-8-13-33(24)14-12-31-27/h6-17,19,32H,1-5H3. The molecule has 188 valence electrons. The molecule has 7 heteroatoms. The van der Waals surface area contributed by atoms with Gasteiger partial charge < -0.3 is 18.9 Å². The lowest BCUT2D eigenvalue weighted by Gasteiger charge is -2.22. The minimum atomic E-state index is -0.612. The van der Waals surface area contributed by atoms with Crippen molar-refractivity contribution in [3.8, 4) is 11.5 Å². The van der Waals surface area contributed by atoms with Crippen molar-refractivity contribution >= 4 is 28.1 Å². The van der Waals surface area contributed by atoms with Crippen molar-refractivity contribution in [1.82, 2.24) is 9.38 Å². The van der Waals surface area contributed by atoms with Crippen molar-refractivity contribution < 1.29 is 13.9 Å². The van der Waals surface area contributed by atoms with E-state index in [4.69, 9.17) is 9.15 Å². The zero-order valence-electron chi connectivity index (χ0n) is 21.5. The molecule has 2 aromatic carbocycles. The summed E-state index contributed by atoms with van der Waals surface area (Å²) in [5.74, 6) is -0.00894. The van der Waals surface area contributed by atoms with Crippen LogP contribution in [0.2, 0.25) is 0 Å². The van der Waals surface area contributed by atoms with E-state index in [1.807, 2.05) is 87.8 Å². The summed E-state index contributed by atoms with van der Waals surface area (Å²) in [6.45, 7) is 9.43. The second-order valence-electron chi connectivity index (χ2n) is 10.2. The van der Waals surface area contributed by atoms with Crippen LogP contribution in [-0.2, 0) is 4.74 Å². The number of ether oxygens (including phenoxy) is 1. The van der Waals surface area contributed by atoms with E-state index >= 15 is 0 Å². The maximum Gasteiger partial charge on any atom is 0.340 e. The number of rotatable bonds is 5. The van der Waals surface area contributed by atoms with E-state index in [1.165, 1.54) is 6.07 Å². The molecular weight excluding hydrogens is 466 g/mol. The fraction of sp³-hybridized carbons (Fsp3) is 0.233. The smallest absolute Gasteiger partial charge is 0.340 e. The first-order chi connectivity index (χ1) is 17.6. The normalized spacial score (nSPS) is 12.6. The second-order valence-corrected chi connectivity index (χ2v) is 10.2. The lowest BCUT2D eigenvalue weighted by Crippen LogP contribution is -2.24. The van der Waals surface area contributed by atoms with Crippen LogP contribution in [0.4, 0.5) is 5.69 Å². The molecule has 3 heterocycles. The molecule has 0 aliphatic carbocycles. The number of aryl methyl sites for hydroxylation is 1. The van der Waals surface area contributed by atoms with E-state index in [2.05, 4.69) is 10.3 Å². The molecule has 0 saturated heterocycles. The van der Waals surface area contributed by atoms with Crippen molar-refractivity contribution in [1.29, 1.82) is 0 Å². The van der Waals surface area contributed by atoms with Gasteiger partial charge in [0.2, 0.25) is 0 Å². The third-order valence-corrected chi connectivity index (χ3v) is 6.07. The molecule has 0 radical (unpaired) electrons. The molecule has 0 saturated carbocycles. The van der Waals surface area contributed by atoms with Gasteiger partial charge in [-0.15, -0.1) is 0 Å². The van der Waals surface area contributed by atoms with Crippen LogP contribution in [0, 0.1) is 6.92 Å². The summed E-state index contributed by atoms with van der Waals surface area (Å²) in [6.07, 6.45) is 5.45.